The van der Waals surface area contributed by atoms with Crippen LogP contribution < -0.4 is 0 Å². The maximum absolute atomic E-state index is 12.5. The molecular weight excluding hydrogens is 384 g/mol. The first-order valence-electron chi connectivity index (χ1n) is 9.36. The number of aromatic nitrogens is 2. The Labute approximate surface area is 174 Å². The molecule has 0 radical (unpaired) electrons. The van der Waals surface area contributed by atoms with Crippen LogP contribution in [0.5, 0.6) is 0 Å². The third-order valence-electron chi connectivity index (χ3n) is 4.79. The van der Waals surface area contributed by atoms with Crippen LogP contribution in [-0.2, 0) is 16.1 Å². The number of hydrogen-bond acceptors (Lipinski definition) is 5. The molecular formula is C23H24N2O3S. The summed E-state index contributed by atoms with van der Waals surface area (Å²) >= 11 is 1.31. The highest BCUT2D eigenvalue weighted by atomic mass is 32.2. The Balaban J connectivity index is 1.57. The van der Waals surface area contributed by atoms with E-state index in [0.717, 1.165) is 32.9 Å². The molecule has 0 saturated heterocycles. The molecule has 0 N–H and O–H groups in total. The highest BCUT2D eigenvalue weighted by molar-refractivity contribution is 7.99. The minimum atomic E-state index is -0.434. The van der Waals surface area contributed by atoms with Gasteiger partial charge in [-0.1, -0.05) is 36.0 Å². The van der Waals surface area contributed by atoms with Crippen molar-refractivity contribution in [3.8, 4) is 0 Å². The van der Waals surface area contributed by atoms with Gasteiger partial charge in [0, 0.05) is 28.9 Å². The van der Waals surface area contributed by atoms with E-state index in [-0.39, 0.29) is 18.1 Å². The first-order valence-corrected chi connectivity index (χ1v) is 10.3. The molecule has 0 bridgehead atoms. The number of aryl methyl sites for hydroxylation is 2. The number of pyridine rings is 1. The lowest BCUT2D eigenvalue weighted by Crippen LogP contribution is -2.16. The van der Waals surface area contributed by atoms with Crippen molar-refractivity contribution in [1.29, 1.82) is 0 Å². The van der Waals surface area contributed by atoms with E-state index in [1.165, 1.54) is 11.8 Å². The van der Waals surface area contributed by atoms with E-state index in [1.54, 1.807) is 6.08 Å². The molecule has 0 saturated carbocycles. The fourth-order valence-electron chi connectivity index (χ4n) is 3.28. The number of thioether (sulfide) groups is 1. The Hall–Kier alpha value is -2.86. The quantitative estimate of drug-likeness (QED) is 0.235. The number of ether oxygens (including phenoxy) is 1. The number of rotatable bonds is 8. The van der Waals surface area contributed by atoms with Gasteiger partial charge in [-0.25, -0.2) is 4.98 Å². The largest absolute Gasteiger partial charge is 0.457 e. The zero-order chi connectivity index (χ0) is 21.0. The topological polar surface area (TPSA) is 61.2 Å². The lowest BCUT2D eigenvalue weighted by Gasteiger charge is -2.07. The number of hydrogen-bond donors (Lipinski definition) is 0. The van der Waals surface area contributed by atoms with Gasteiger partial charge in [0.25, 0.3) is 0 Å². The van der Waals surface area contributed by atoms with Gasteiger partial charge < -0.3 is 9.30 Å². The summed E-state index contributed by atoms with van der Waals surface area (Å²) in [5, 5.41) is 1.86. The highest BCUT2D eigenvalue weighted by Crippen LogP contribution is 2.23. The first-order chi connectivity index (χ1) is 13.9. The molecule has 3 rings (SSSR count). The van der Waals surface area contributed by atoms with Crippen molar-refractivity contribution in [2.75, 3.05) is 12.4 Å². The SMILES string of the molecule is C=CCn1c(C)cc(C(=O)COC(=O)CSc2cc(C)c3ccccc3n2)c1C. The molecule has 6 heteroatoms. The van der Waals surface area contributed by atoms with Crippen LogP contribution in [-0.4, -0.2) is 33.7 Å². The van der Waals surface area contributed by atoms with Crippen LogP contribution in [0.1, 0.15) is 27.3 Å². The zero-order valence-corrected chi connectivity index (χ0v) is 17.7. The number of Topliss-reactive ketones (excluding diaryl/α,β-unsaturated/α-hetero) is 1. The van der Waals surface area contributed by atoms with Crippen LogP contribution in [0.3, 0.4) is 0 Å². The minimum absolute atomic E-state index is 0.105. The van der Waals surface area contributed by atoms with Gasteiger partial charge in [-0.15, -0.1) is 6.58 Å². The van der Waals surface area contributed by atoms with Crippen LogP contribution in [0.4, 0.5) is 0 Å². The summed E-state index contributed by atoms with van der Waals surface area (Å²) in [5.74, 6) is -0.532. The molecule has 2 heterocycles. The van der Waals surface area contributed by atoms with Gasteiger partial charge >= 0.3 is 5.97 Å². The molecule has 0 aliphatic carbocycles. The summed E-state index contributed by atoms with van der Waals surface area (Å²) in [6.07, 6.45) is 1.79. The molecule has 1 aromatic carbocycles. The van der Waals surface area contributed by atoms with Crippen molar-refractivity contribution in [1.82, 2.24) is 9.55 Å². The van der Waals surface area contributed by atoms with Gasteiger partial charge in [0.1, 0.15) is 0 Å². The molecule has 0 unspecified atom stereocenters. The number of ketones is 1. The van der Waals surface area contributed by atoms with Gasteiger partial charge in [-0.2, -0.15) is 0 Å². The third-order valence-corrected chi connectivity index (χ3v) is 5.67. The van der Waals surface area contributed by atoms with E-state index < -0.39 is 5.97 Å². The van der Waals surface area contributed by atoms with Gasteiger partial charge in [0.15, 0.2) is 6.61 Å². The van der Waals surface area contributed by atoms with Gasteiger partial charge in [-0.05, 0) is 44.5 Å². The van der Waals surface area contributed by atoms with E-state index in [2.05, 4.69) is 11.6 Å². The molecule has 5 nitrogen and oxygen atoms in total. The molecule has 0 atom stereocenters. The Bertz CT molecular complexity index is 1090. The summed E-state index contributed by atoms with van der Waals surface area (Å²) in [6.45, 7) is 9.96. The molecule has 0 aliphatic rings. The van der Waals surface area contributed by atoms with Crippen molar-refractivity contribution in [3.05, 3.63) is 71.6 Å². The summed E-state index contributed by atoms with van der Waals surface area (Å²) in [4.78, 5) is 29.2. The number of carbonyl (C=O) groups excluding carboxylic acids is 2. The van der Waals surface area contributed by atoms with E-state index in [1.807, 2.05) is 61.7 Å². The van der Waals surface area contributed by atoms with Gasteiger partial charge in [-0.3, -0.25) is 9.59 Å². The van der Waals surface area contributed by atoms with Crippen molar-refractivity contribution in [3.63, 3.8) is 0 Å². The van der Waals surface area contributed by atoms with Crippen LogP contribution in [0.2, 0.25) is 0 Å². The summed E-state index contributed by atoms with van der Waals surface area (Å²) in [5.41, 5.74) is 4.42. The molecule has 3 aromatic rings. The molecule has 29 heavy (non-hydrogen) atoms. The predicted molar refractivity (Wildman–Crippen MR) is 117 cm³/mol. The summed E-state index contributed by atoms with van der Waals surface area (Å²) in [7, 11) is 0. The number of para-hydroxylation sites is 1. The Morgan fingerprint density at radius 1 is 1.21 bits per heavy atom. The van der Waals surface area contributed by atoms with Crippen molar-refractivity contribution < 1.29 is 14.3 Å². The van der Waals surface area contributed by atoms with E-state index in [9.17, 15) is 9.59 Å². The number of benzene rings is 1. The van der Waals surface area contributed by atoms with Crippen LogP contribution >= 0.6 is 11.8 Å². The summed E-state index contributed by atoms with van der Waals surface area (Å²) < 4.78 is 7.20. The van der Waals surface area contributed by atoms with E-state index >= 15 is 0 Å². The molecule has 0 spiro atoms. The number of carbonyl (C=O) groups is 2. The van der Waals surface area contributed by atoms with Gasteiger partial charge in [0.05, 0.1) is 16.3 Å². The number of fused-ring (bicyclic) bond motifs is 1. The monoisotopic (exact) mass is 408 g/mol. The predicted octanol–water partition coefficient (Wildman–Crippen LogP) is 4.67. The molecule has 0 amide bonds. The lowest BCUT2D eigenvalue weighted by molar-refractivity contribution is -0.139. The fourth-order valence-corrected chi connectivity index (χ4v) is 4.06. The Kier molecular flexibility index (Phi) is 6.54. The highest BCUT2D eigenvalue weighted by Gasteiger charge is 2.17. The average Bonchev–Trinajstić information content (AvgIpc) is 2.99. The van der Waals surface area contributed by atoms with Crippen LogP contribution in [0.15, 0.2) is 54.1 Å². The smallest absolute Gasteiger partial charge is 0.316 e. The van der Waals surface area contributed by atoms with Gasteiger partial charge in [0.2, 0.25) is 5.78 Å². The van der Waals surface area contributed by atoms with Crippen molar-refractivity contribution >= 4 is 34.4 Å². The fraction of sp³-hybridized carbons (Fsp3) is 0.261. The first kappa shape index (κ1) is 20.9. The lowest BCUT2D eigenvalue weighted by atomic mass is 10.1. The van der Waals surface area contributed by atoms with Crippen molar-refractivity contribution in [2.45, 2.75) is 32.3 Å². The standard InChI is InChI=1S/C23H24N2O3S/c1-5-10-25-16(3)12-19(17(25)4)21(26)13-28-23(27)14-29-22-11-15(2)18-8-6-7-9-20(18)24-22/h5-9,11-12H,1,10,13-14H2,2-4H3. The zero-order valence-electron chi connectivity index (χ0n) is 16.9. The molecule has 0 fully saturated rings. The van der Waals surface area contributed by atoms with E-state index in [0.29, 0.717) is 12.1 Å². The van der Waals surface area contributed by atoms with Crippen molar-refractivity contribution in [2.24, 2.45) is 0 Å². The second-order valence-corrected chi connectivity index (χ2v) is 7.85. The molecule has 2 aromatic heterocycles. The molecule has 150 valence electrons. The second-order valence-electron chi connectivity index (χ2n) is 6.85. The van der Waals surface area contributed by atoms with E-state index in [4.69, 9.17) is 4.74 Å². The van der Waals surface area contributed by atoms with Crippen LogP contribution in [0.25, 0.3) is 10.9 Å². The number of esters is 1. The minimum Gasteiger partial charge on any atom is -0.457 e. The van der Waals surface area contributed by atoms with Crippen LogP contribution in [0, 0.1) is 20.8 Å². The summed E-state index contributed by atoms with van der Waals surface area (Å²) in [6, 6.07) is 11.7. The molecule has 0 aliphatic heterocycles. The second kappa shape index (κ2) is 9.09. The maximum atomic E-state index is 12.5. The normalized spacial score (nSPS) is 10.9. The number of nitrogens with zero attached hydrogens (tertiary/aromatic N) is 2. The average molecular weight is 409 g/mol. The maximum Gasteiger partial charge on any atom is 0.316 e. The third kappa shape index (κ3) is 4.77. The Morgan fingerprint density at radius 3 is 2.72 bits per heavy atom. The number of allylic oxidation sites excluding steroid dienone is 1. The Morgan fingerprint density at radius 2 is 1.97 bits per heavy atom.